The number of nitrogens with one attached hydrogen (secondary N) is 1. The molecule has 4 rings (SSSR count). The van der Waals surface area contributed by atoms with Gasteiger partial charge < -0.3 is 5.32 Å². The molecule has 5 atom stereocenters. The van der Waals surface area contributed by atoms with Crippen molar-refractivity contribution in [3.63, 3.8) is 0 Å². The molecule has 0 radical (unpaired) electrons. The van der Waals surface area contributed by atoms with Crippen LogP contribution >= 0.6 is 0 Å². The smallest absolute Gasteiger partial charge is 0.000811 e. The second kappa shape index (κ2) is 2.61. The van der Waals surface area contributed by atoms with Crippen LogP contribution in [0.1, 0.15) is 45.4 Å². The highest BCUT2D eigenvalue weighted by molar-refractivity contribution is 5.20. The van der Waals surface area contributed by atoms with E-state index >= 15 is 0 Å². The van der Waals surface area contributed by atoms with Gasteiger partial charge in [-0.15, -0.1) is 0 Å². The lowest BCUT2D eigenvalue weighted by Gasteiger charge is -2.49. The Morgan fingerprint density at radius 1 is 1.13 bits per heavy atom. The molecule has 0 aromatic carbocycles. The summed E-state index contributed by atoms with van der Waals surface area (Å²) in [6.07, 6.45) is 9.56. The summed E-state index contributed by atoms with van der Waals surface area (Å²) in [5.41, 5.74) is 1.63. The molecule has 1 N–H and O–H groups in total. The van der Waals surface area contributed by atoms with Crippen molar-refractivity contribution in [2.75, 3.05) is 13.1 Å². The zero-order valence-electron chi connectivity index (χ0n) is 9.89. The fraction of sp³-hybridized carbons (Fsp3) is 1.00. The Hall–Kier alpha value is -0.0400. The molecule has 4 saturated carbocycles. The molecular formula is C14H23N. The maximum atomic E-state index is 3.64. The standard InChI is InChI=1S/C14H23N/c1-2-15-9-13-5-10-3-11-4-12(7-13)14(11,6-10)8-13/h10-12,15H,2-9H2,1H3. The predicted octanol–water partition coefficient (Wildman–Crippen LogP) is 2.81. The van der Waals surface area contributed by atoms with Crippen LogP contribution in [0.2, 0.25) is 0 Å². The van der Waals surface area contributed by atoms with Crippen molar-refractivity contribution >= 4 is 0 Å². The Kier molecular flexibility index (Phi) is 1.57. The molecule has 4 fully saturated rings. The van der Waals surface area contributed by atoms with E-state index in [1.165, 1.54) is 12.5 Å². The third-order valence-corrected chi connectivity index (χ3v) is 6.34. The average Bonchev–Trinajstić information content (AvgIpc) is 2.52. The van der Waals surface area contributed by atoms with Crippen molar-refractivity contribution in [2.24, 2.45) is 28.6 Å². The van der Waals surface area contributed by atoms with Crippen LogP contribution < -0.4 is 5.32 Å². The van der Waals surface area contributed by atoms with Gasteiger partial charge >= 0.3 is 0 Å². The van der Waals surface area contributed by atoms with E-state index < -0.39 is 0 Å². The lowest BCUT2D eigenvalue weighted by Crippen LogP contribution is -2.42. The van der Waals surface area contributed by atoms with Gasteiger partial charge in [-0.3, -0.25) is 0 Å². The van der Waals surface area contributed by atoms with Gasteiger partial charge in [0.25, 0.3) is 0 Å². The highest BCUT2D eigenvalue weighted by Gasteiger charge is 2.70. The SMILES string of the molecule is CCNCC12CC3CC4CC(C1)C4(C3)C2. The summed E-state index contributed by atoms with van der Waals surface area (Å²) in [7, 11) is 0. The minimum atomic E-state index is 0.745. The summed E-state index contributed by atoms with van der Waals surface area (Å²) in [6, 6.07) is 0. The first kappa shape index (κ1) is 9.04. The van der Waals surface area contributed by atoms with E-state index in [0.29, 0.717) is 0 Å². The van der Waals surface area contributed by atoms with Gasteiger partial charge in [0.2, 0.25) is 0 Å². The van der Waals surface area contributed by atoms with Gasteiger partial charge in [-0.2, -0.15) is 0 Å². The summed E-state index contributed by atoms with van der Waals surface area (Å²) in [5.74, 6) is 3.43. The summed E-state index contributed by atoms with van der Waals surface area (Å²) in [4.78, 5) is 0. The highest BCUT2D eigenvalue weighted by atomic mass is 14.9. The van der Waals surface area contributed by atoms with Crippen LogP contribution in [-0.2, 0) is 0 Å². The average molecular weight is 205 g/mol. The zero-order valence-corrected chi connectivity index (χ0v) is 9.89. The van der Waals surface area contributed by atoms with Crippen LogP contribution in [0, 0.1) is 28.6 Å². The molecule has 15 heavy (non-hydrogen) atoms. The van der Waals surface area contributed by atoms with Gasteiger partial charge in [0.15, 0.2) is 0 Å². The minimum absolute atomic E-state index is 0.745. The first-order valence-corrected chi connectivity index (χ1v) is 6.97. The summed E-state index contributed by atoms with van der Waals surface area (Å²) in [5, 5.41) is 3.64. The molecule has 3 bridgehead atoms. The monoisotopic (exact) mass is 205 g/mol. The van der Waals surface area contributed by atoms with Crippen LogP contribution in [0.3, 0.4) is 0 Å². The van der Waals surface area contributed by atoms with Gasteiger partial charge in [-0.1, -0.05) is 6.92 Å². The van der Waals surface area contributed by atoms with Crippen molar-refractivity contribution in [1.29, 1.82) is 0 Å². The van der Waals surface area contributed by atoms with E-state index in [2.05, 4.69) is 12.2 Å². The Morgan fingerprint density at radius 2 is 2.07 bits per heavy atom. The lowest BCUT2D eigenvalue weighted by atomic mass is 9.55. The van der Waals surface area contributed by atoms with Gasteiger partial charge in [0.05, 0.1) is 0 Å². The van der Waals surface area contributed by atoms with Crippen LogP contribution in [0.5, 0.6) is 0 Å². The van der Waals surface area contributed by atoms with Crippen molar-refractivity contribution in [3.8, 4) is 0 Å². The minimum Gasteiger partial charge on any atom is -0.316 e. The number of hydrogen-bond acceptors (Lipinski definition) is 1. The quantitative estimate of drug-likeness (QED) is 0.747. The molecule has 0 aliphatic heterocycles. The van der Waals surface area contributed by atoms with Crippen molar-refractivity contribution in [1.82, 2.24) is 5.32 Å². The van der Waals surface area contributed by atoms with Gasteiger partial charge in [-0.05, 0) is 73.7 Å². The highest BCUT2D eigenvalue weighted by Crippen LogP contribution is 2.78. The topological polar surface area (TPSA) is 12.0 Å². The molecule has 0 aromatic heterocycles. The van der Waals surface area contributed by atoms with Crippen LogP contribution in [0.15, 0.2) is 0 Å². The first-order valence-electron chi connectivity index (χ1n) is 6.97. The van der Waals surface area contributed by atoms with E-state index in [9.17, 15) is 0 Å². The summed E-state index contributed by atoms with van der Waals surface area (Å²) < 4.78 is 0. The molecule has 0 heterocycles. The first-order chi connectivity index (χ1) is 7.26. The molecule has 5 unspecified atom stereocenters. The Labute approximate surface area is 93.0 Å². The number of hydrogen-bond donors (Lipinski definition) is 1. The van der Waals surface area contributed by atoms with Gasteiger partial charge in [-0.25, -0.2) is 0 Å². The van der Waals surface area contributed by atoms with Crippen LogP contribution in [-0.4, -0.2) is 13.1 Å². The molecule has 1 spiro atoms. The van der Waals surface area contributed by atoms with Gasteiger partial charge in [0, 0.05) is 6.54 Å². The Balaban J connectivity index is 1.64. The summed E-state index contributed by atoms with van der Waals surface area (Å²) >= 11 is 0. The predicted molar refractivity (Wildman–Crippen MR) is 61.6 cm³/mol. The second-order valence-electron chi connectivity index (χ2n) is 7.03. The second-order valence-corrected chi connectivity index (χ2v) is 7.03. The molecule has 4 aliphatic carbocycles. The van der Waals surface area contributed by atoms with Gasteiger partial charge in [0.1, 0.15) is 0 Å². The fourth-order valence-electron chi connectivity index (χ4n) is 6.13. The van der Waals surface area contributed by atoms with E-state index in [0.717, 1.165) is 29.2 Å². The Bertz CT molecular complexity index is 296. The molecule has 0 amide bonds. The third kappa shape index (κ3) is 0.945. The fourth-order valence-corrected chi connectivity index (χ4v) is 6.13. The number of fused-ring (bicyclic) bond motifs is 2. The molecule has 4 aliphatic rings. The largest absolute Gasteiger partial charge is 0.316 e. The van der Waals surface area contributed by atoms with E-state index in [4.69, 9.17) is 0 Å². The normalized spacial score (nSPS) is 59.4. The molecule has 1 nitrogen and oxygen atoms in total. The van der Waals surface area contributed by atoms with Crippen molar-refractivity contribution in [3.05, 3.63) is 0 Å². The molecule has 84 valence electrons. The summed E-state index contributed by atoms with van der Waals surface area (Å²) in [6.45, 7) is 4.73. The molecule has 0 saturated heterocycles. The third-order valence-electron chi connectivity index (χ3n) is 6.34. The number of rotatable bonds is 3. The Morgan fingerprint density at radius 3 is 2.93 bits per heavy atom. The van der Waals surface area contributed by atoms with E-state index in [1.807, 2.05) is 0 Å². The molecule has 1 heteroatoms. The zero-order chi connectivity index (χ0) is 10.1. The van der Waals surface area contributed by atoms with E-state index in [-0.39, 0.29) is 0 Å². The lowest BCUT2D eigenvalue weighted by molar-refractivity contribution is -0.00254. The maximum absolute atomic E-state index is 3.64. The molecular weight excluding hydrogens is 182 g/mol. The molecule has 0 aromatic rings. The van der Waals surface area contributed by atoms with Crippen LogP contribution in [0.4, 0.5) is 0 Å². The van der Waals surface area contributed by atoms with Crippen LogP contribution in [0.25, 0.3) is 0 Å². The maximum Gasteiger partial charge on any atom is 0.000811 e. The van der Waals surface area contributed by atoms with Crippen molar-refractivity contribution < 1.29 is 0 Å². The van der Waals surface area contributed by atoms with Crippen molar-refractivity contribution in [2.45, 2.75) is 45.4 Å². The van der Waals surface area contributed by atoms with E-state index in [1.54, 1.807) is 38.5 Å².